The topological polar surface area (TPSA) is 38.5 Å². The number of benzene rings is 1. The van der Waals surface area contributed by atoms with Crippen LogP contribution in [0.3, 0.4) is 0 Å². The van der Waals surface area contributed by atoms with Gasteiger partial charge in [-0.05, 0) is 50.9 Å². The van der Waals surface area contributed by atoms with Crippen molar-refractivity contribution in [3.8, 4) is 5.75 Å². The highest BCUT2D eigenvalue weighted by molar-refractivity contribution is 5.49. The number of hydrogen-bond acceptors (Lipinski definition) is 3. The van der Waals surface area contributed by atoms with Crippen LogP contribution in [0, 0.1) is 13.8 Å². The van der Waals surface area contributed by atoms with Crippen LogP contribution >= 0.6 is 0 Å². The summed E-state index contributed by atoms with van der Waals surface area (Å²) < 4.78 is 6.07. The second kappa shape index (κ2) is 6.15. The van der Waals surface area contributed by atoms with Crippen molar-refractivity contribution in [2.75, 3.05) is 26.2 Å². The van der Waals surface area contributed by atoms with Gasteiger partial charge in [0.1, 0.15) is 5.75 Å². The smallest absolute Gasteiger partial charge is 0.127 e. The van der Waals surface area contributed by atoms with Gasteiger partial charge in [-0.2, -0.15) is 0 Å². The molecule has 0 amide bonds. The average molecular weight is 276 g/mol. The third kappa shape index (κ3) is 2.33. The molecule has 0 aliphatic carbocycles. The van der Waals surface area contributed by atoms with Gasteiger partial charge in [0.05, 0.1) is 12.1 Å². The van der Waals surface area contributed by atoms with Crippen molar-refractivity contribution in [3.05, 3.63) is 28.8 Å². The van der Waals surface area contributed by atoms with Crippen LogP contribution in [-0.4, -0.2) is 31.1 Å². The molecule has 0 saturated heterocycles. The Kier molecular flexibility index (Phi) is 4.71. The molecule has 2 N–H and O–H groups in total. The van der Waals surface area contributed by atoms with Crippen molar-refractivity contribution < 1.29 is 4.74 Å². The second-order valence-corrected chi connectivity index (χ2v) is 5.74. The molecule has 1 heterocycles. The number of hydrogen-bond donors (Lipinski definition) is 1. The molecular formula is C17H28N2O. The van der Waals surface area contributed by atoms with Crippen LogP contribution in [0.25, 0.3) is 0 Å². The molecule has 3 nitrogen and oxygen atoms in total. The molecule has 0 fully saturated rings. The lowest BCUT2D eigenvalue weighted by Crippen LogP contribution is -2.51. The molecule has 1 aliphatic rings. The van der Waals surface area contributed by atoms with E-state index in [0.29, 0.717) is 6.54 Å². The molecule has 1 unspecified atom stereocenters. The van der Waals surface area contributed by atoms with Gasteiger partial charge in [0.15, 0.2) is 0 Å². The summed E-state index contributed by atoms with van der Waals surface area (Å²) in [6.07, 6.45) is 2.13. The molecular weight excluding hydrogens is 248 g/mol. The van der Waals surface area contributed by atoms with E-state index in [0.717, 1.165) is 38.3 Å². The number of aryl methyl sites for hydroxylation is 1. The predicted molar refractivity (Wildman–Crippen MR) is 84.3 cm³/mol. The summed E-state index contributed by atoms with van der Waals surface area (Å²) >= 11 is 0. The molecule has 1 aromatic rings. The number of fused-ring (bicyclic) bond motifs is 1. The van der Waals surface area contributed by atoms with E-state index in [2.05, 4.69) is 44.7 Å². The standard InChI is InChI=1S/C17H28N2O/c1-5-19(6-2)17(12-18)10-7-11-20-16-14(4)13(3)8-9-15(16)17/h8-9H,5-7,10-12,18H2,1-4H3. The summed E-state index contributed by atoms with van der Waals surface area (Å²) in [7, 11) is 0. The van der Waals surface area contributed by atoms with E-state index in [1.54, 1.807) is 0 Å². The molecule has 0 aromatic heterocycles. The van der Waals surface area contributed by atoms with Crippen LogP contribution in [0.15, 0.2) is 12.1 Å². The minimum Gasteiger partial charge on any atom is -0.493 e. The van der Waals surface area contributed by atoms with Crippen molar-refractivity contribution in [1.29, 1.82) is 0 Å². The first-order valence-corrected chi connectivity index (χ1v) is 7.79. The van der Waals surface area contributed by atoms with Crippen LogP contribution < -0.4 is 10.5 Å². The van der Waals surface area contributed by atoms with Crippen molar-refractivity contribution in [2.24, 2.45) is 5.73 Å². The van der Waals surface area contributed by atoms with Crippen molar-refractivity contribution in [2.45, 2.75) is 46.1 Å². The number of likely N-dealkylation sites (N-methyl/N-ethyl adjacent to an activating group) is 1. The normalized spacial score (nSPS) is 22.3. The maximum atomic E-state index is 6.27. The Morgan fingerprint density at radius 1 is 1.25 bits per heavy atom. The van der Waals surface area contributed by atoms with Crippen molar-refractivity contribution in [1.82, 2.24) is 4.90 Å². The fraction of sp³-hybridized carbons (Fsp3) is 0.647. The van der Waals surface area contributed by atoms with Crippen LogP contribution in [0.5, 0.6) is 5.75 Å². The lowest BCUT2D eigenvalue weighted by Gasteiger charge is -2.43. The van der Waals surface area contributed by atoms with E-state index in [4.69, 9.17) is 10.5 Å². The fourth-order valence-corrected chi connectivity index (χ4v) is 3.51. The van der Waals surface area contributed by atoms with E-state index in [9.17, 15) is 0 Å². The molecule has 112 valence electrons. The first kappa shape index (κ1) is 15.3. The zero-order valence-corrected chi connectivity index (χ0v) is 13.3. The molecule has 0 spiro atoms. The van der Waals surface area contributed by atoms with E-state index < -0.39 is 0 Å². The third-order valence-electron chi connectivity index (χ3n) is 4.87. The minimum absolute atomic E-state index is 0.0756. The van der Waals surface area contributed by atoms with Crippen LogP contribution in [-0.2, 0) is 5.54 Å². The Morgan fingerprint density at radius 3 is 2.55 bits per heavy atom. The van der Waals surface area contributed by atoms with E-state index in [-0.39, 0.29) is 5.54 Å². The summed E-state index contributed by atoms with van der Waals surface area (Å²) in [6, 6.07) is 4.44. The number of ether oxygens (including phenoxy) is 1. The van der Waals surface area contributed by atoms with E-state index in [1.165, 1.54) is 16.7 Å². The largest absolute Gasteiger partial charge is 0.493 e. The predicted octanol–water partition coefficient (Wildman–Crippen LogP) is 2.97. The number of rotatable bonds is 4. The maximum Gasteiger partial charge on any atom is 0.127 e. The first-order chi connectivity index (χ1) is 9.60. The molecule has 0 bridgehead atoms. The summed E-state index contributed by atoms with van der Waals surface area (Å²) in [5.74, 6) is 1.07. The Morgan fingerprint density at radius 2 is 1.95 bits per heavy atom. The monoisotopic (exact) mass is 276 g/mol. The first-order valence-electron chi connectivity index (χ1n) is 7.79. The second-order valence-electron chi connectivity index (χ2n) is 5.74. The maximum absolute atomic E-state index is 6.27. The Hall–Kier alpha value is -1.06. The minimum atomic E-state index is -0.0756. The van der Waals surface area contributed by atoms with Crippen molar-refractivity contribution in [3.63, 3.8) is 0 Å². The third-order valence-corrected chi connectivity index (χ3v) is 4.87. The summed E-state index contributed by atoms with van der Waals surface area (Å²) in [5.41, 5.74) is 10.0. The van der Waals surface area contributed by atoms with E-state index >= 15 is 0 Å². The fourth-order valence-electron chi connectivity index (χ4n) is 3.51. The number of nitrogens with zero attached hydrogens (tertiary/aromatic N) is 1. The molecule has 20 heavy (non-hydrogen) atoms. The van der Waals surface area contributed by atoms with E-state index in [1.807, 2.05) is 0 Å². The quantitative estimate of drug-likeness (QED) is 0.919. The zero-order chi connectivity index (χ0) is 14.8. The zero-order valence-electron chi connectivity index (χ0n) is 13.3. The molecule has 3 heteroatoms. The average Bonchev–Trinajstić information content (AvgIpc) is 2.65. The van der Waals surface area contributed by atoms with Gasteiger partial charge < -0.3 is 10.5 Å². The van der Waals surface area contributed by atoms with Gasteiger partial charge in [-0.25, -0.2) is 0 Å². The van der Waals surface area contributed by atoms with Crippen LogP contribution in [0.2, 0.25) is 0 Å². The highest BCUT2D eigenvalue weighted by Gasteiger charge is 2.39. The molecule has 1 aromatic carbocycles. The van der Waals surface area contributed by atoms with Crippen LogP contribution in [0.1, 0.15) is 43.4 Å². The van der Waals surface area contributed by atoms with Crippen molar-refractivity contribution >= 4 is 0 Å². The van der Waals surface area contributed by atoms with Gasteiger partial charge in [0, 0.05) is 12.1 Å². The summed E-state index contributed by atoms with van der Waals surface area (Å²) in [6.45, 7) is 12.2. The van der Waals surface area contributed by atoms with Gasteiger partial charge in [-0.3, -0.25) is 4.90 Å². The van der Waals surface area contributed by atoms with Gasteiger partial charge >= 0.3 is 0 Å². The highest BCUT2D eigenvalue weighted by atomic mass is 16.5. The number of nitrogens with two attached hydrogens (primary N) is 1. The van der Waals surface area contributed by atoms with Gasteiger partial charge in [0.2, 0.25) is 0 Å². The lowest BCUT2D eigenvalue weighted by molar-refractivity contribution is 0.0953. The summed E-state index contributed by atoms with van der Waals surface area (Å²) in [5, 5.41) is 0. The molecule has 1 aliphatic heterocycles. The van der Waals surface area contributed by atoms with Gasteiger partial charge in [0.25, 0.3) is 0 Å². The Bertz CT molecular complexity index is 468. The van der Waals surface area contributed by atoms with Gasteiger partial charge in [-0.1, -0.05) is 26.0 Å². The molecule has 2 rings (SSSR count). The van der Waals surface area contributed by atoms with Crippen LogP contribution in [0.4, 0.5) is 0 Å². The highest BCUT2D eigenvalue weighted by Crippen LogP contribution is 2.42. The SMILES string of the molecule is CCN(CC)C1(CN)CCCOc2c1ccc(C)c2C. The van der Waals surface area contributed by atoms with Gasteiger partial charge in [-0.15, -0.1) is 0 Å². The Labute approximate surface area is 123 Å². The lowest BCUT2D eigenvalue weighted by atomic mass is 9.82. The molecule has 1 atom stereocenters. The summed E-state index contributed by atoms with van der Waals surface area (Å²) in [4.78, 5) is 2.50. The molecule has 0 saturated carbocycles. The molecule has 0 radical (unpaired) electrons. The Balaban J connectivity index is 2.63.